The molecule has 0 spiro atoms. The maximum atomic E-state index is 14.5. The number of nitrogens with one attached hydrogen (secondary N) is 1. The van der Waals surface area contributed by atoms with Gasteiger partial charge in [-0.3, -0.25) is 0 Å². The van der Waals surface area contributed by atoms with E-state index in [0.717, 1.165) is 45.8 Å². The fraction of sp³-hybridized carbons (Fsp3) is 0.250. The molecular formula is C24H23F2N5. The summed E-state index contributed by atoms with van der Waals surface area (Å²) in [6.45, 7) is 4.26. The van der Waals surface area contributed by atoms with E-state index < -0.39 is 11.6 Å². The zero-order chi connectivity index (χ0) is 21.9. The molecule has 0 amide bonds. The molecule has 0 radical (unpaired) electrons. The number of H-pyrrole nitrogens is 1. The Hall–Kier alpha value is -3.48. The van der Waals surface area contributed by atoms with Crippen molar-refractivity contribution in [2.45, 2.75) is 25.7 Å². The molecule has 0 saturated carbocycles. The largest absolute Gasteiger partial charge is 0.378 e. The van der Waals surface area contributed by atoms with Gasteiger partial charge >= 0.3 is 0 Å². The lowest BCUT2D eigenvalue weighted by molar-refractivity contribution is 0.486. The van der Waals surface area contributed by atoms with E-state index in [-0.39, 0.29) is 11.1 Å². The molecule has 5 rings (SSSR count). The van der Waals surface area contributed by atoms with Crippen LogP contribution < -0.4 is 4.90 Å². The van der Waals surface area contributed by atoms with E-state index in [0.29, 0.717) is 6.42 Å². The van der Waals surface area contributed by atoms with Crippen LogP contribution in [0.15, 0.2) is 48.7 Å². The van der Waals surface area contributed by atoms with Crippen LogP contribution in [-0.2, 0) is 11.8 Å². The number of imidazole rings is 1. The number of aromatic amines is 1. The van der Waals surface area contributed by atoms with Gasteiger partial charge < -0.3 is 9.88 Å². The minimum Gasteiger partial charge on any atom is -0.378 e. The topological polar surface area (TPSA) is 49.7 Å². The van der Waals surface area contributed by atoms with E-state index in [1.54, 1.807) is 10.9 Å². The van der Waals surface area contributed by atoms with Crippen molar-refractivity contribution >= 4 is 5.69 Å². The van der Waals surface area contributed by atoms with E-state index in [1.807, 2.05) is 26.2 Å². The van der Waals surface area contributed by atoms with Gasteiger partial charge in [-0.1, -0.05) is 13.8 Å². The van der Waals surface area contributed by atoms with Gasteiger partial charge in [0.2, 0.25) is 0 Å². The van der Waals surface area contributed by atoms with E-state index >= 15 is 0 Å². The second kappa shape index (κ2) is 6.77. The normalized spacial score (nSPS) is 14.3. The molecule has 1 aliphatic rings. The Morgan fingerprint density at radius 3 is 2.48 bits per heavy atom. The molecule has 1 N–H and O–H groups in total. The van der Waals surface area contributed by atoms with Crippen molar-refractivity contribution in [1.82, 2.24) is 19.7 Å². The quantitative estimate of drug-likeness (QED) is 0.502. The van der Waals surface area contributed by atoms with E-state index in [4.69, 9.17) is 4.98 Å². The summed E-state index contributed by atoms with van der Waals surface area (Å²) < 4.78 is 29.4. The number of fused-ring (bicyclic) bond motifs is 3. The minimum absolute atomic E-state index is 0.233. The SMILES string of the molecule is CN(C)c1ccc(-c2nc3c([nH]2)C(C)(C)Cc2c-3cnn2-c2ccc(F)cc2F)cc1. The predicted octanol–water partition coefficient (Wildman–Crippen LogP) is 5.11. The van der Waals surface area contributed by atoms with Gasteiger partial charge in [0, 0.05) is 54.5 Å². The highest BCUT2D eigenvalue weighted by Gasteiger charge is 2.37. The zero-order valence-electron chi connectivity index (χ0n) is 17.9. The summed E-state index contributed by atoms with van der Waals surface area (Å²) in [7, 11) is 4.01. The Morgan fingerprint density at radius 2 is 1.81 bits per heavy atom. The molecule has 31 heavy (non-hydrogen) atoms. The molecule has 158 valence electrons. The fourth-order valence-corrected chi connectivity index (χ4v) is 4.22. The van der Waals surface area contributed by atoms with Gasteiger partial charge in [-0.25, -0.2) is 18.4 Å². The summed E-state index contributed by atoms with van der Waals surface area (Å²) in [6, 6.07) is 11.8. The Kier molecular flexibility index (Phi) is 4.25. The van der Waals surface area contributed by atoms with Crippen LogP contribution in [0.1, 0.15) is 25.2 Å². The van der Waals surface area contributed by atoms with Crippen LogP contribution in [0, 0.1) is 11.6 Å². The highest BCUT2D eigenvalue weighted by atomic mass is 19.1. The number of rotatable bonds is 3. The zero-order valence-corrected chi connectivity index (χ0v) is 17.9. The van der Waals surface area contributed by atoms with Gasteiger partial charge in [-0.05, 0) is 36.4 Å². The van der Waals surface area contributed by atoms with Crippen LogP contribution in [0.2, 0.25) is 0 Å². The molecular weight excluding hydrogens is 396 g/mol. The number of nitrogens with zero attached hydrogens (tertiary/aromatic N) is 4. The number of benzene rings is 2. The Morgan fingerprint density at radius 1 is 1.06 bits per heavy atom. The van der Waals surface area contributed by atoms with Gasteiger partial charge in [0.1, 0.15) is 17.3 Å². The lowest BCUT2D eigenvalue weighted by atomic mass is 9.77. The maximum Gasteiger partial charge on any atom is 0.151 e. The van der Waals surface area contributed by atoms with Crippen LogP contribution in [0.4, 0.5) is 14.5 Å². The van der Waals surface area contributed by atoms with Crippen LogP contribution in [0.3, 0.4) is 0 Å². The summed E-state index contributed by atoms with van der Waals surface area (Å²) in [6.07, 6.45) is 2.36. The summed E-state index contributed by atoms with van der Waals surface area (Å²) in [5, 5.41) is 4.43. The second-order valence-corrected chi connectivity index (χ2v) is 8.82. The summed E-state index contributed by atoms with van der Waals surface area (Å²) in [4.78, 5) is 10.5. The van der Waals surface area contributed by atoms with Gasteiger partial charge in [-0.2, -0.15) is 5.10 Å². The van der Waals surface area contributed by atoms with Crippen LogP contribution in [-0.4, -0.2) is 33.8 Å². The minimum atomic E-state index is -0.641. The van der Waals surface area contributed by atoms with Crippen molar-refractivity contribution in [3.63, 3.8) is 0 Å². The summed E-state index contributed by atoms with van der Waals surface area (Å²) in [5.41, 5.74) is 5.68. The number of anilines is 1. The van der Waals surface area contributed by atoms with E-state index in [9.17, 15) is 8.78 Å². The molecule has 0 aliphatic heterocycles. The predicted molar refractivity (Wildman–Crippen MR) is 118 cm³/mol. The lowest BCUT2D eigenvalue weighted by Crippen LogP contribution is -2.27. The third-order valence-corrected chi connectivity index (χ3v) is 5.91. The molecule has 0 fully saturated rings. The Balaban J connectivity index is 1.62. The van der Waals surface area contributed by atoms with E-state index in [2.05, 4.69) is 41.0 Å². The van der Waals surface area contributed by atoms with Gasteiger partial charge in [0.25, 0.3) is 0 Å². The van der Waals surface area contributed by atoms with Crippen molar-refractivity contribution < 1.29 is 8.78 Å². The molecule has 4 aromatic rings. The standard InChI is InChI=1S/C24H23F2N5/c1-24(2)12-20-17(13-27-31(20)19-10-7-15(25)11-18(19)26)21-22(24)29-23(28-21)14-5-8-16(9-6-14)30(3)4/h5-11,13H,12H2,1-4H3,(H,28,29). The number of hydrogen-bond acceptors (Lipinski definition) is 3. The lowest BCUT2D eigenvalue weighted by Gasteiger charge is -2.29. The molecule has 1 aliphatic carbocycles. The summed E-state index contributed by atoms with van der Waals surface area (Å²) in [5.74, 6) is -0.461. The summed E-state index contributed by atoms with van der Waals surface area (Å²) >= 11 is 0. The van der Waals surface area contributed by atoms with Crippen LogP contribution in [0.5, 0.6) is 0 Å². The fourth-order valence-electron chi connectivity index (χ4n) is 4.22. The molecule has 2 aromatic heterocycles. The highest BCUT2D eigenvalue weighted by Crippen LogP contribution is 2.43. The van der Waals surface area contributed by atoms with Gasteiger partial charge in [-0.15, -0.1) is 0 Å². The molecule has 0 unspecified atom stereocenters. The smallest absolute Gasteiger partial charge is 0.151 e. The number of aromatic nitrogens is 4. The molecule has 5 nitrogen and oxygen atoms in total. The van der Waals surface area contributed by atoms with Gasteiger partial charge in [0.15, 0.2) is 5.82 Å². The third kappa shape index (κ3) is 3.12. The number of halogens is 2. The number of hydrogen-bond donors (Lipinski definition) is 1. The van der Waals surface area contributed by atoms with Crippen molar-refractivity contribution in [1.29, 1.82) is 0 Å². The van der Waals surface area contributed by atoms with Crippen molar-refractivity contribution in [2.75, 3.05) is 19.0 Å². The van der Waals surface area contributed by atoms with Crippen molar-refractivity contribution in [3.8, 4) is 28.3 Å². The molecule has 7 heteroatoms. The van der Waals surface area contributed by atoms with Crippen molar-refractivity contribution in [3.05, 3.63) is 71.7 Å². The first-order chi connectivity index (χ1) is 14.7. The van der Waals surface area contributed by atoms with Crippen LogP contribution >= 0.6 is 0 Å². The maximum absolute atomic E-state index is 14.5. The average Bonchev–Trinajstić information content (AvgIpc) is 3.33. The first-order valence-corrected chi connectivity index (χ1v) is 10.2. The Bertz CT molecular complexity index is 1280. The second-order valence-electron chi connectivity index (χ2n) is 8.82. The molecule has 0 bridgehead atoms. The average molecular weight is 419 g/mol. The monoisotopic (exact) mass is 419 g/mol. The molecule has 2 heterocycles. The van der Waals surface area contributed by atoms with Crippen LogP contribution in [0.25, 0.3) is 28.3 Å². The van der Waals surface area contributed by atoms with E-state index in [1.165, 1.54) is 12.1 Å². The van der Waals surface area contributed by atoms with Gasteiger partial charge in [0.05, 0.1) is 17.6 Å². The molecule has 0 saturated heterocycles. The van der Waals surface area contributed by atoms with Crippen molar-refractivity contribution in [2.24, 2.45) is 0 Å². The first-order valence-electron chi connectivity index (χ1n) is 10.2. The highest BCUT2D eigenvalue weighted by molar-refractivity contribution is 5.73. The molecule has 0 atom stereocenters. The molecule has 2 aromatic carbocycles. The Labute approximate surface area is 179 Å². The third-order valence-electron chi connectivity index (χ3n) is 5.91. The first kappa shape index (κ1) is 19.5.